The molecule has 4 heteroatoms. The summed E-state index contributed by atoms with van der Waals surface area (Å²) >= 11 is 0. The molecule has 2 N–H and O–H groups in total. The molecule has 1 aromatic carbocycles. The van der Waals surface area contributed by atoms with E-state index in [0.717, 1.165) is 0 Å². The first-order valence-corrected chi connectivity index (χ1v) is 4.44. The minimum absolute atomic E-state index is 0.0611. The van der Waals surface area contributed by atoms with E-state index in [1.807, 2.05) is 6.07 Å². The van der Waals surface area contributed by atoms with Gasteiger partial charge in [-0.15, -0.1) is 0 Å². The Labute approximate surface area is 82.5 Å². The second-order valence-electron chi connectivity index (χ2n) is 2.71. The highest BCUT2D eigenvalue weighted by Crippen LogP contribution is 2.07. The maximum Gasteiger partial charge on any atom is 0.412 e. The van der Waals surface area contributed by atoms with Crippen molar-refractivity contribution in [2.75, 3.05) is 13.2 Å². The Morgan fingerprint density at radius 3 is 2.71 bits per heavy atom. The van der Waals surface area contributed by atoms with Gasteiger partial charge in [0, 0.05) is 13.2 Å². The zero-order valence-electron chi connectivity index (χ0n) is 7.77. The lowest BCUT2D eigenvalue weighted by molar-refractivity contribution is 0.199. The first-order valence-electron chi connectivity index (χ1n) is 4.44. The van der Waals surface area contributed by atoms with Gasteiger partial charge in [0.15, 0.2) is 0 Å². The van der Waals surface area contributed by atoms with E-state index >= 15 is 0 Å². The number of aliphatic hydroxyl groups is 1. The smallest absolute Gasteiger partial charge is 0.410 e. The highest BCUT2D eigenvalue weighted by molar-refractivity contribution is 5.70. The van der Waals surface area contributed by atoms with Crippen LogP contribution < -0.4 is 10.1 Å². The summed E-state index contributed by atoms with van der Waals surface area (Å²) in [4.78, 5) is 11.1. The maximum absolute atomic E-state index is 11.1. The second-order valence-corrected chi connectivity index (χ2v) is 2.71. The van der Waals surface area contributed by atoms with Gasteiger partial charge in [-0.3, -0.25) is 0 Å². The van der Waals surface area contributed by atoms with Gasteiger partial charge in [0.05, 0.1) is 0 Å². The molecule has 0 atom stereocenters. The molecule has 0 aliphatic heterocycles. The predicted molar refractivity (Wildman–Crippen MR) is 52.2 cm³/mol. The fourth-order valence-corrected chi connectivity index (χ4v) is 0.901. The van der Waals surface area contributed by atoms with Gasteiger partial charge in [0.1, 0.15) is 5.75 Å². The Hall–Kier alpha value is -1.55. The Bertz CT molecular complexity index is 274. The summed E-state index contributed by atoms with van der Waals surface area (Å²) in [6.07, 6.45) is 0.0359. The molecular weight excluding hydrogens is 182 g/mol. The fraction of sp³-hybridized carbons (Fsp3) is 0.300. The molecule has 0 aromatic heterocycles. The van der Waals surface area contributed by atoms with Crippen LogP contribution in [0.3, 0.4) is 0 Å². The zero-order valence-corrected chi connectivity index (χ0v) is 7.77. The third kappa shape index (κ3) is 3.91. The lowest BCUT2D eigenvalue weighted by Gasteiger charge is -2.04. The molecular formula is C10H13NO3. The van der Waals surface area contributed by atoms with Crippen LogP contribution >= 0.6 is 0 Å². The SMILES string of the molecule is O=C(NCCCO)Oc1ccccc1. The molecule has 14 heavy (non-hydrogen) atoms. The quantitative estimate of drug-likeness (QED) is 0.709. The molecule has 0 saturated carbocycles. The average Bonchev–Trinajstić information content (AvgIpc) is 2.20. The van der Waals surface area contributed by atoms with E-state index in [1.54, 1.807) is 24.3 Å². The van der Waals surface area contributed by atoms with Crippen LogP contribution in [-0.4, -0.2) is 24.4 Å². The topological polar surface area (TPSA) is 58.6 Å². The Morgan fingerprint density at radius 2 is 2.07 bits per heavy atom. The lowest BCUT2D eigenvalue weighted by atomic mass is 10.3. The normalized spacial score (nSPS) is 9.50. The Kier molecular flexibility index (Phi) is 4.50. The molecule has 0 unspecified atom stereocenters. The minimum Gasteiger partial charge on any atom is -0.410 e. The van der Waals surface area contributed by atoms with Gasteiger partial charge in [-0.05, 0) is 18.6 Å². The van der Waals surface area contributed by atoms with Crippen LogP contribution in [0, 0.1) is 0 Å². The van der Waals surface area contributed by atoms with Gasteiger partial charge < -0.3 is 15.2 Å². The summed E-state index contributed by atoms with van der Waals surface area (Å²) < 4.78 is 4.93. The maximum atomic E-state index is 11.1. The van der Waals surface area contributed by atoms with Crippen molar-refractivity contribution in [3.63, 3.8) is 0 Å². The third-order valence-electron chi connectivity index (χ3n) is 1.56. The minimum atomic E-state index is -0.496. The molecule has 1 rings (SSSR count). The van der Waals surface area contributed by atoms with Crippen LogP contribution in [0.2, 0.25) is 0 Å². The summed E-state index contributed by atoms with van der Waals surface area (Å²) in [6, 6.07) is 8.82. The molecule has 0 radical (unpaired) electrons. The van der Waals surface area contributed by atoms with E-state index in [9.17, 15) is 4.79 Å². The van der Waals surface area contributed by atoms with Crippen molar-refractivity contribution >= 4 is 6.09 Å². The van der Waals surface area contributed by atoms with Crippen molar-refractivity contribution in [3.8, 4) is 5.75 Å². The molecule has 0 aliphatic rings. The van der Waals surface area contributed by atoms with E-state index in [2.05, 4.69) is 5.32 Å². The Morgan fingerprint density at radius 1 is 1.36 bits per heavy atom. The van der Waals surface area contributed by atoms with Crippen LogP contribution in [0.1, 0.15) is 6.42 Å². The van der Waals surface area contributed by atoms with E-state index < -0.39 is 6.09 Å². The fourth-order valence-electron chi connectivity index (χ4n) is 0.901. The van der Waals surface area contributed by atoms with Crippen molar-refractivity contribution in [1.82, 2.24) is 5.32 Å². The number of para-hydroxylation sites is 1. The van der Waals surface area contributed by atoms with E-state index in [1.165, 1.54) is 0 Å². The Balaban J connectivity index is 2.27. The summed E-state index contributed by atoms with van der Waals surface area (Å²) in [5, 5.41) is 11.0. The van der Waals surface area contributed by atoms with Crippen LogP contribution in [0.5, 0.6) is 5.75 Å². The second kappa shape index (κ2) is 5.99. The molecule has 1 amide bonds. The molecule has 76 valence electrons. The van der Waals surface area contributed by atoms with Crippen molar-refractivity contribution in [2.24, 2.45) is 0 Å². The van der Waals surface area contributed by atoms with Gasteiger partial charge in [-0.25, -0.2) is 4.79 Å². The van der Waals surface area contributed by atoms with Crippen molar-refractivity contribution < 1.29 is 14.6 Å². The number of ether oxygens (including phenoxy) is 1. The number of aliphatic hydroxyl groups excluding tert-OH is 1. The third-order valence-corrected chi connectivity index (χ3v) is 1.56. The van der Waals surface area contributed by atoms with E-state index in [0.29, 0.717) is 18.7 Å². The predicted octanol–water partition coefficient (Wildman–Crippen LogP) is 1.16. The largest absolute Gasteiger partial charge is 0.412 e. The highest BCUT2D eigenvalue weighted by Gasteiger charge is 2.01. The van der Waals surface area contributed by atoms with Crippen LogP contribution in [-0.2, 0) is 0 Å². The van der Waals surface area contributed by atoms with Gasteiger partial charge >= 0.3 is 6.09 Å². The van der Waals surface area contributed by atoms with Gasteiger partial charge in [0.25, 0.3) is 0 Å². The average molecular weight is 195 g/mol. The van der Waals surface area contributed by atoms with Crippen LogP contribution in [0.15, 0.2) is 30.3 Å². The molecule has 1 aromatic rings. The molecule has 0 spiro atoms. The van der Waals surface area contributed by atoms with Crippen molar-refractivity contribution in [3.05, 3.63) is 30.3 Å². The zero-order chi connectivity index (χ0) is 10.2. The van der Waals surface area contributed by atoms with Gasteiger partial charge in [0.2, 0.25) is 0 Å². The molecule has 4 nitrogen and oxygen atoms in total. The van der Waals surface area contributed by atoms with Crippen LogP contribution in [0.25, 0.3) is 0 Å². The van der Waals surface area contributed by atoms with E-state index in [4.69, 9.17) is 9.84 Å². The molecule has 0 bridgehead atoms. The van der Waals surface area contributed by atoms with Gasteiger partial charge in [-0.2, -0.15) is 0 Å². The molecule has 0 saturated heterocycles. The highest BCUT2D eigenvalue weighted by atomic mass is 16.6. The first kappa shape index (κ1) is 10.5. The van der Waals surface area contributed by atoms with Gasteiger partial charge in [-0.1, -0.05) is 18.2 Å². The number of rotatable bonds is 4. The molecule has 0 heterocycles. The van der Waals surface area contributed by atoms with Crippen LogP contribution in [0.4, 0.5) is 4.79 Å². The molecule has 0 fully saturated rings. The standard InChI is InChI=1S/C10H13NO3/c12-8-4-7-11-10(13)14-9-5-2-1-3-6-9/h1-3,5-6,12H,4,7-8H2,(H,11,13). The monoisotopic (exact) mass is 195 g/mol. The summed E-state index contributed by atoms with van der Waals surface area (Å²) in [7, 11) is 0. The summed E-state index contributed by atoms with van der Waals surface area (Å²) in [6.45, 7) is 0.480. The number of nitrogens with one attached hydrogen (secondary N) is 1. The number of carbonyl (C=O) groups excluding carboxylic acids is 1. The number of carbonyl (C=O) groups is 1. The summed E-state index contributed by atoms with van der Waals surface area (Å²) in [5.41, 5.74) is 0. The summed E-state index contributed by atoms with van der Waals surface area (Å²) in [5.74, 6) is 0.508. The number of hydrogen-bond acceptors (Lipinski definition) is 3. The van der Waals surface area contributed by atoms with E-state index in [-0.39, 0.29) is 6.61 Å². The lowest BCUT2D eigenvalue weighted by Crippen LogP contribution is -2.28. The first-order chi connectivity index (χ1) is 6.83. The number of hydrogen-bond donors (Lipinski definition) is 2. The van der Waals surface area contributed by atoms with Crippen molar-refractivity contribution in [1.29, 1.82) is 0 Å². The molecule has 0 aliphatic carbocycles. The van der Waals surface area contributed by atoms with Crippen molar-refractivity contribution in [2.45, 2.75) is 6.42 Å². The number of benzene rings is 1. The number of amides is 1.